The zero-order valence-electron chi connectivity index (χ0n) is 10.3. The van der Waals surface area contributed by atoms with Gasteiger partial charge in [-0.1, -0.05) is 13.0 Å². The van der Waals surface area contributed by atoms with Gasteiger partial charge in [0.25, 0.3) is 0 Å². The van der Waals surface area contributed by atoms with Crippen LogP contribution in [0.4, 0.5) is 13.2 Å². The normalized spacial score (nSPS) is 16.2. The monoisotopic (exact) mass is 291 g/mol. The fourth-order valence-electron chi connectivity index (χ4n) is 1.71. The Kier molecular flexibility index (Phi) is 4.52. The molecule has 104 valence electrons. The molecule has 0 radical (unpaired) electrons. The smallest absolute Gasteiger partial charge is 0.251 e. The summed E-state index contributed by atoms with van der Waals surface area (Å²) in [7, 11) is -2.83. The summed E-state index contributed by atoms with van der Waals surface area (Å²) in [6.45, 7) is 1.72. The van der Waals surface area contributed by atoms with Crippen molar-refractivity contribution in [2.24, 2.45) is 4.36 Å². The summed E-state index contributed by atoms with van der Waals surface area (Å²) in [6.07, 6.45) is -0.307. The Bertz CT molecular complexity index is 595. The highest BCUT2D eigenvalue weighted by Crippen LogP contribution is 2.30. The molecule has 1 rings (SSSR count). The SMILES string of the molecule is CCC(c1ccc(C(F)(F)F)nc1)S(C)(=O)=NC#N. The molecule has 0 aliphatic heterocycles. The third-order valence-electron chi connectivity index (χ3n) is 2.57. The van der Waals surface area contributed by atoms with Crippen LogP contribution in [-0.2, 0) is 15.9 Å². The summed E-state index contributed by atoms with van der Waals surface area (Å²) >= 11 is 0. The Balaban J connectivity index is 3.20. The van der Waals surface area contributed by atoms with Gasteiger partial charge in [0, 0.05) is 12.5 Å². The van der Waals surface area contributed by atoms with Crippen molar-refractivity contribution < 1.29 is 17.4 Å². The summed E-state index contributed by atoms with van der Waals surface area (Å²) < 4.78 is 52.6. The van der Waals surface area contributed by atoms with Crippen LogP contribution in [0.2, 0.25) is 0 Å². The van der Waals surface area contributed by atoms with Gasteiger partial charge in [-0.15, -0.1) is 4.36 Å². The molecule has 0 aliphatic rings. The van der Waals surface area contributed by atoms with Gasteiger partial charge in [-0.3, -0.25) is 4.98 Å². The first-order valence-corrected chi connectivity index (χ1v) is 7.33. The molecule has 2 unspecified atom stereocenters. The lowest BCUT2D eigenvalue weighted by Gasteiger charge is -2.16. The molecule has 1 heterocycles. The Morgan fingerprint density at radius 1 is 1.53 bits per heavy atom. The maximum absolute atomic E-state index is 12.4. The minimum absolute atomic E-state index is 0.377. The van der Waals surface area contributed by atoms with Crippen LogP contribution in [-0.4, -0.2) is 15.4 Å². The van der Waals surface area contributed by atoms with Gasteiger partial charge >= 0.3 is 6.18 Å². The highest BCUT2D eigenvalue weighted by atomic mass is 32.2. The standard InChI is InChI=1S/C11H12F3N3OS/c1-3-9(19(2,18)17-7-15)8-4-5-10(16-6-8)11(12,13)14/h4-6,9H,3H2,1-2H3. The molecule has 0 aromatic carbocycles. The van der Waals surface area contributed by atoms with Crippen molar-refractivity contribution >= 4 is 9.73 Å². The molecular weight excluding hydrogens is 279 g/mol. The van der Waals surface area contributed by atoms with Gasteiger partial charge in [0.15, 0.2) is 0 Å². The van der Waals surface area contributed by atoms with E-state index in [0.29, 0.717) is 12.0 Å². The van der Waals surface area contributed by atoms with Crippen LogP contribution in [0.25, 0.3) is 0 Å². The fourth-order valence-corrected chi connectivity index (χ4v) is 3.26. The van der Waals surface area contributed by atoms with E-state index in [-0.39, 0.29) is 0 Å². The molecule has 0 bridgehead atoms. The topological polar surface area (TPSA) is 66.1 Å². The number of alkyl halides is 3. The Hall–Kier alpha value is -1.62. The molecule has 8 heteroatoms. The molecule has 1 aromatic heterocycles. The minimum Gasteiger partial charge on any atom is -0.251 e. The maximum atomic E-state index is 12.4. The number of nitrogens with zero attached hydrogens (tertiary/aromatic N) is 3. The Morgan fingerprint density at radius 2 is 2.16 bits per heavy atom. The number of rotatable bonds is 3. The highest BCUT2D eigenvalue weighted by Gasteiger charge is 2.32. The molecule has 0 amide bonds. The molecule has 0 N–H and O–H groups in total. The predicted molar refractivity (Wildman–Crippen MR) is 64.4 cm³/mol. The van der Waals surface area contributed by atoms with Crippen LogP contribution in [0, 0.1) is 11.5 Å². The molecule has 1 aromatic rings. The van der Waals surface area contributed by atoms with E-state index in [1.54, 1.807) is 6.92 Å². The van der Waals surface area contributed by atoms with Crippen molar-refractivity contribution in [3.8, 4) is 6.19 Å². The summed E-state index contributed by atoms with van der Waals surface area (Å²) in [6, 6.07) is 2.06. The van der Waals surface area contributed by atoms with E-state index in [0.717, 1.165) is 12.3 Å². The third-order valence-corrected chi connectivity index (χ3v) is 4.67. The van der Waals surface area contributed by atoms with Gasteiger partial charge < -0.3 is 0 Å². The second kappa shape index (κ2) is 5.57. The Labute approximate surface area is 109 Å². The van der Waals surface area contributed by atoms with E-state index in [1.807, 2.05) is 0 Å². The molecule has 2 atom stereocenters. The van der Waals surface area contributed by atoms with Crippen LogP contribution in [0.15, 0.2) is 22.7 Å². The van der Waals surface area contributed by atoms with Crippen molar-refractivity contribution in [2.45, 2.75) is 24.8 Å². The first-order chi connectivity index (χ1) is 8.72. The number of nitriles is 1. The van der Waals surface area contributed by atoms with Crippen LogP contribution >= 0.6 is 0 Å². The quantitative estimate of drug-likeness (QED) is 0.803. The van der Waals surface area contributed by atoms with Crippen molar-refractivity contribution in [1.29, 1.82) is 5.26 Å². The second-order valence-electron chi connectivity index (χ2n) is 3.92. The van der Waals surface area contributed by atoms with Gasteiger partial charge in [0.05, 0.1) is 15.0 Å². The van der Waals surface area contributed by atoms with Crippen molar-refractivity contribution in [2.75, 3.05) is 6.26 Å². The van der Waals surface area contributed by atoms with Crippen molar-refractivity contribution in [3.63, 3.8) is 0 Å². The molecule has 4 nitrogen and oxygen atoms in total. The summed E-state index contributed by atoms with van der Waals surface area (Å²) in [5.74, 6) is 0. The van der Waals surface area contributed by atoms with Crippen molar-refractivity contribution in [3.05, 3.63) is 29.6 Å². The van der Waals surface area contributed by atoms with Gasteiger partial charge in [-0.05, 0) is 18.1 Å². The van der Waals surface area contributed by atoms with Gasteiger partial charge in [0.1, 0.15) is 5.69 Å². The van der Waals surface area contributed by atoms with Gasteiger partial charge in [0.2, 0.25) is 6.19 Å². The summed E-state index contributed by atoms with van der Waals surface area (Å²) in [5, 5.41) is 7.86. The summed E-state index contributed by atoms with van der Waals surface area (Å²) in [5.41, 5.74) is -0.632. The second-order valence-corrected chi connectivity index (χ2v) is 6.40. The van der Waals surface area contributed by atoms with Gasteiger partial charge in [-0.2, -0.15) is 18.4 Å². The van der Waals surface area contributed by atoms with Crippen LogP contribution in [0.5, 0.6) is 0 Å². The zero-order chi connectivity index (χ0) is 14.7. The average molecular weight is 291 g/mol. The molecule has 0 saturated carbocycles. The van der Waals surface area contributed by atoms with Crippen LogP contribution < -0.4 is 0 Å². The zero-order valence-corrected chi connectivity index (χ0v) is 11.1. The van der Waals surface area contributed by atoms with E-state index in [1.165, 1.54) is 18.5 Å². The van der Waals surface area contributed by atoms with Crippen molar-refractivity contribution in [1.82, 2.24) is 4.98 Å². The molecule has 0 aliphatic carbocycles. The van der Waals surface area contributed by atoms with Gasteiger partial charge in [-0.25, -0.2) is 4.21 Å². The summed E-state index contributed by atoms with van der Waals surface area (Å²) in [4.78, 5) is 3.32. The lowest BCUT2D eigenvalue weighted by Crippen LogP contribution is -2.13. The fraction of sp³-hybridized carbons (Fsp3) is 0.455. The molecule has 0 spiro atoms. The average Bonchev–Trinajstić information content (AvgIpc) is 2.28. The number of halogens is 3. The number of pyridine rings is 1. The predicted octanol–water partition coefficient (Wildman–Crippen LogP) is 3.13. The van der Waals surface area contributed by atoms with Crippen LogP contribution in [0.3, 0.4) is 0 Å². The lowest BCUT2D eigenvalue weighted by molar-refractivity contribution is -0.141. The highest BCUT2D eigenvalue weighted by molar-refractivity contribution is 7.93. The number of hydrogen-bond donors (Lipinski definition) is 0. The minimum atomic E-state index is -4.51. The Morgan fingerprint density at radius 3 is 2.53 bits per heavy atom. The molecule has 19 heavy (non-hydrogen) atoms. The molecule has 0 saturated heterocycles. The molecular formula is C11H12F3N3OS. The first kappa shape index (κ1) is 15.4. The number of aromatic nitrogens is 1. The lowest BCUT2D eigenvalue weighted by atomic mass is 10.1. The third kappa shape index (κ3) is 3.67. The van der Waals surface area contributed by atoms with E-state index in [2.05, 4.69) is 9.35 Å². The maximum Gasteiger partial charge on any atom is 0.433 e. The first-order valence-electron chi connectivity index (χ1n) is 5.34. The van der Waals surface area contributed by atoms with Crippen LogP contribution in [0.1, 0.15) is 29.9 Å². The number of hydrogen-bond acceptors (Lipinski definition) is 4. The molecule has 0 fully saturated rings. The van der Waals surface area contributed by atoms with E-state index >= 15 is 0 Å². The van der Waals surface area contributed by atoms with E-state index in [9.17, 15) is 17.4 Å². The van der Waals surface area contributed by atoms with E-state index in [4.69, 9.17) is 5.26 Å². The largest absolute Gasteiger partial charge is 0.433 e. The van der Waals surface area contributed by atoms with E-state index < -0.39 is 26.8 Å².